The van der Waals surface area contributed by atoms with Crippen LogP contribution in [0.25, 0.3) is 11.3 Å². The van der Waals surface area contributed by atoms with Gasteiger partial charge in [0.25, 0.3) is 0 Å². The van der Waals surface area contributed by atoms with Gasteiger partial charge < -0.3 is 20.1 Å². The van der Waals surface area contributed by atoms with Gasteiger partial charge in [-0.1, -0.05) is 38.8 Å². The number of unbranched alkanes of at least 4 members (excludes halogenated alkanes) is 1. The Morgan fingerprint density at radius 3 is 2.71 bits per heavy atom. The largest absolute Gasteiger partial charge is 0.389 e. The van der Waals surface area contributed by atoms with E-state index in [4.69, 9.17) is 20.4 Å². The van der Waals surface area contributed by atoms with Gasteiger partial charge in [-0.2, -0.15) is 10.4 Å². The van der Waals surface area contributed by atoms with Gasteiger partial charge >= 0.3 is 0 Å². The van der Waals surface area contributed by atoms with E-state index in [0.717, 1.165) is 104 Å². The molecule has 0 aliphatic carbocycles. The number of likely N-dealkylation sites (tertiary alicyclic amines) is 2. The highest BCUT2D eigenvalue weighted by Crippen LogP contribution is 2.42. The monoisotopic (exact) mass is 631 g/mol. The molecule has 3 unspecified atom stereocenters. The van der Waals surface area contributed by atoms with Crippen molar-refractivity contribution >= 4 is 35.1 Å². The predicted molar refractivity (Wildman–Crippen MR) is 185 cm³/mol. The zero-order valence-electron chi connectivity index (χ0n) is 27.7. The number of anilines is 1. The fourth-order valence-corrected chi connectivity index (χ4v) is 8.21. The van der Waals surface area contributed by atoms with E-state index in [2.05, 4.69) is 72.5 Å². The van der Waals surface area contributed by atoms with Gasteiger partial charge in [-0.05, 0) is 78.1 Å². The Kier molecular flexibility index (Phi) is 10.8. The molecule has 2 saturated heterocycles. The van der Waals surface area contributed by atoms with Crippen molar-refractivity contribution in [3.63, 3.8) is 0 Å². The summed E-state index contributed by atoms with van der Waals surface area (Å²) < 4.78 is 6.09. The number of likely N-dealkylation sites (N-methyl/N-ethyl adjacent to an activating group) is 1. The van der Waals surface area contributed by atoms with Gasteiger partial charge in [0, 0.05) is 29.6 Å². The smallest absolute Gasteiger partial charge is 0.172 e. The van der Waals surface area contributed by atoms with E-state index in [0.29, 0.717) is 34.8 Å². The minimum Gasteiger partial charge on any atom is -0.389 e. The molecule has 0 aromatic carbocycles. The summed E-state index contributed by atoms with van der Waals surface area (Å²) in [5.41, 5.74) is 10.3. The molecular formula is C34H49N9OS. The van der Waals surface area contributed by atoms with Gasteiger partial charge in [0.2, 0.25) is 0 Å². The Bertz CT molecular complexity index is 1500. The molecule has 45 heavy (non-hydrogen) atoms. The van der Waals surface area contributed by atoms with E-state index in [9.17, 15) is 5.26 Å². The molecule has 2 fully saturated rings. The van der Waals surface area contributed by atoms with Crippen LogP contribution in [0.4, 0.5) is 5.00 Å². The van der Waals surface area contributed by atoms with Crippen molar-refractivity contribution in [2.45, 2.75) is 104 Å². The highest BCUT2D eigenvalue weighted by Gasteiger charge is 2.37. The third-order valence-corrected chi connectivity index (χ3v) is 10.6. The maximum Gasteiger partial charge on any atom is 0.172 e. The minimum atomic E-state index is 0.132. The average molecular weight is 632 g/mol. The van der Waals surface area contributed by atoms with Crippen LogP contribution in [0.1, 0.15) is 94.3 Å². The van der Waals surface area contributed by atoms with Crippen LogP contribution in [0.3, 0.4) is 0 Å². The lowest BCUT2D eigenvalue weighted by atomic mass is 9.98. The second-order valence-electron chi connectivity index (χ2n) is 12.8. The van der Waals surface area contributed by atoms with E-state index in [1.165, 1.54) is 24.2 Å². The summed E-state index contributed by atoms with van der Waals surface area (Å²) in [5, 5.41) is 22.2. The first kappa shape index (κ1) is 32.9. The van der Waals surface area contributed by atoms with Gasteiger partial charge in [-0.3, -0.25) is 4.99 Å². The lowest BCUT2D eigenvalue weighted by molar-refractivity contribution is 0.193. The van der Waals surface area contributed by atoms with Crippen molar-refractivity contribution in [3.8, 4) is 17.4 Å². The zero-order valence-corrected chi connectivity index (χ0v) is 28.5. The number of thiophene rings is 1. The van der Waals surface area contributed by atoms with Crippen LogP contribution in [0.2, 0.25) is 0 Å². The lowest BCUT2D eigenvalue weighted by Gasteiger charge is -2.34. The second-order valence-corrected chi connectivity index (χ2v) is 13.9. The van der Waals surface area contributed by atoms with Crippen molar-refractivity contribution < 1.29 is 4.52 Å². The fourth-order valence-electron chi connectivity index (χ4n) is 7.09. The Balaban J connectivity index is 1.57. The number of nitrogen functional groups attached to an aromatic ring is 1. The van der Waals surface area contributed by atoms with Gasteiger partial charge in [0.1, 0.15) is 22.6 Å². The van der Waals surface area contributed by atoms with Crippen molar-refractivity contribution in [2.24, 2.45) is 21.0 Å². The Hall–Kier alpha value is -3.49. The first-order valence-corrected chi connectivity index (χ1v) is 17.5. The number of hydrogen-bond acceptors (Lipinski definition) is 10. The molecule has 2 aromatic rings. The third-order valence-electron chi connectivity index (χ3n) is 9.49. The SMILES string of the molecule is C=N/C(=C1/C=NN(C(C)C2CCCN2C)C1=NCc1noc(-c2c(CCC)sc(N)c2C#N)c1CCCC)N1CCCC(C)C1. The van der Waals surface area contributed by atoms with Crippen LogP contribution in [0.5, 0.6) is 0 Å². The Labute approximate surface area is 272 Å². The average Bonchev–Trinajstić information content (AvgIpc) is 3.81. The van der Waals surface area contributed by atoms with E-state index in [1.807, 2.05) is 6.21 Å². The molecule has 0 radical (unpaired) electrons. The van der Waals surface area contributed by atoms with E-state index < -0.39 is 0 Å². The molecule has 0 saturated carbocycles. The zero-order chi connectivity index (χ0) is 32.1. The first-order valence-electron chi connectivity index (χ1n) is 16.7. The minimum absolute atomic E-state index is 0.132. The van der Waals surface area contributed by atoms with Crippen molar-refractivity contribution in [1.82, 2.24) is 20.0 Å². The second kappa shape index (κ2) is 14.7. The summed E-state index contributed by atoms with van der Waals surface area (Å²) in [6.07, 6.45) is 11.2. The summed E-state index contributed by atoms with van der Waals surface area (Å²) in [6.45, 7) is 16.2. The topological polar surface area (TPSA) is 123 Å². The number of nitrogens with zero attached hydrogens (tertiary/aromatic N) is 8. The number of aromatic nitrogens is 1. The summed E-state index contributed by atoms with van der Waals surface area (Å²) in [5.74, 6) is 2.91. The molecule has 0 amide bonds. The maximum atomic E-state index is 10.0. The highest BCUT2D eigenvalue weighted by molar-refractivity contribution is 7.16. The van der Waals surface area contributed by atoms with Crippen LogP contribution >= 0.6 is 11.3 Å². The molecule has 3 aliphatic rings. The molecule has 2 N–H and O–H groups in total. The standard InChI is InChI=1S/C34H49N9OS/c1-7-9-14-24-27(40-44-31(24)30-25(18-35)32(36)45-29(30)12-8-2)20-38-34-26(33(37-5)42-17-10-13-22(3)21-42)19-39-43(34)23(4)28-15-11-16-41(28)6/h19,22-23,28H,5,7-17,20-21,36H2,1-4,6H3/b33-26+,38-34?. The number of aryl methyl sites for hydroxylation is 1. The summed E-state index contributed by atoms with van der Waals surface area (Å²) in [6, 6.07) is 2.85. The summed E-state index contributed by atoms with van der Waals surface area (Å²) >= 11 is 1.48. The van der Waals surface area contributed by atoms with Gasteiger partial charge in [-0.25, -0.2) is 10.0 Å². The van der Waals surface area contributed by atoms with Crippen LogP contribution in [0.15, 0.2) is 31.0 Å². The van der Waals surface area contributed by atoms with Crippen LogP contribution < -0.4 is 5.73 Å². The normalized spacial score (nSPS) is 23.2. The predicted octanol–water partition coefficient (Wildman–Crippen LogP) is 6.48. The molecule has 2 aromatic heterocycles. The van der Waals surface area contributed by atoms with E-state index in [-0.39, 0.29) is 6.04 Å². The molecule has 11 heteroatoms. The summed E-state index contributed by atoms with van der Waals surface area (Å²) in [7, 11) is 2.20. The van der Waals surface area contributed by atoms with Crippen LogP contribution in [0, 0.1) is 17.2 Å². The van der Waals surface area contributed by atoms with E-state index >= 15 is 0 Å². The number of nitriles is 1. The maximum absolute atomic E-state index is 10.0. The molecule has 5 heterocycles. The molecule has 10 nitrogen and oxygen atoms in total. The number of hydrogen-bond donors (Lipinski definition) is 1. The Morgan fingerprint density at radius 1 is 1.24 bits per heavy atom. The number of amidine groups is 1. The number of nitrogens with two attached hydrogens (primary N) is 1. The number of piperidine rings is 1. The number of aliphatic imine (C=N–C) groups is 2. The fraction of sp³-hybridized carbons (Fsp3) is 0.618. The molecule has 3 aliphatic heterocycles. The van der Waals surface area contributed by atoms with Gasteiger partial charge in [0.05, 0.1) is 35.5 Å². The molecule has 242 valence electrons. The van der Waals surface area contributed by atoms with E-state index in [1.54, 1.807) is 0 Å². The molecule has 0 bridgehead atoms. The number of hydrazone groups is 1. The quantitative estimate of drug-likeness (QED) is 0.266. The third kappa shape index (κ3) is 6.73. The van der Waals surface area contributed by atoms with Crippen LogP contribution in [-0.4, -0.2) is 77.5 Å². The van der Waals surface area contributed by atoms with Crippen LogP contribution in [-0.2, 0) is 19.4 Å². The van der Waals surface area contributed by atoms with Crippen molar-refractivity contribution in [3.05, 3.63) is 33.1 Å². The van der Waals surface area contributed by atoms with Gasteiger partial charge in [0.15, 0.2) is 11.6 Å². The van der Waals surface area contributed by atoms with Crippen molar-refractivity contribution in [2.75, 3.05) is 32.4 Å². The Morgan fingerprint density at radius 2 is 2.04 bits per heavy atom. The highest BCUT2D eigenvalue weighted by atomic mass is 32.1. The molecule has 0 spiro atoms. The molecule has 5 rings (SSSR count). The van der Waals surface area contributed by atoms with Gasteiger partial charge in [-0.15, -0.1) is 11.3 Å². The summed E-state index contributed by atoms with van der Waals surface area (Å²) in [4.78, 5) is 15.7. The first-order chi connectivity index (χ1) is 21.8. The molecular weight excluding hydrogens is 583 g/mol. The lowest BCUT2D eigenvalue weighted by Crippen LogP contribution is -2.45. The molecule has 3 atom stereocenters. The van der Waals surface area contributed by atoms with Crippen molar-refractivity contribution in [1.29, 1.82) is 5.26 Å². The number of rotatable bonds is 12.